The number of aromatic nitrogens is 5. The van der Waals surface area contributed by atoms with Gasteiger partial charge in [0.15, 0.2) is 5.82 Å². The molecule has 0 fully saturated rings. The summed E-state index contributed by atoms with van der Waals surface area (Å²) in [5.41, 5.74) is 1.76. The average molecular weight is 331 g/mol. The number of nitrogens with zero attached hydrogens (tertiary/aromatic N) is 4. The highest BCUT2D eigenvalue weighted by molar-refractivity contribution is 5.76. The minimum absolute atomic E-state index is 0.0903. The van der Waals surface area contributed by atoms with Crippen molar-refractivity contribution in [3.8, 4) is 0 Å². The second-order valence-corrected chi connectivity index (χ2v) is 5.95. The molecule has 0 radical (unpaired) electrons. The van der Waals surface area contributed by atoms with E-state index in [1.54, 1.807) is 17.0 Å². The molecule has 0 spiro atoms. The van der Waals surface area contributed by atoms with Gasteiger partial charge in [0, 0.05) is 6.42 Å². The minimum atomic E-state index is -0.301. The lowest BCUT2D eigenvalue weighted by Gasteiger charge is -2.11. The van der Waals surface area contributed by atoms with Crippen LogP contribution in [0, 0.1) is 0 Å². The lowest BCUT2D eigenvalue weighted by atomic mass is 10.1. The van der Waals surface area contributed by atoms with E-state index in [0.29, 0.717) is 23.1 Å². The molecule has 4 rings (SSSR count). The summed E-state index contributed by atoms with van der Waals surface area (Å²) in [5.74, 6) is 1.35. The number of rotatable bonds is 4. The fraction of sp³-hybridized carbons (Fsp3) is 0.158. The van der Waals surface area contributed by atoms with Gasteiger partial charge in [-0.3, -0.25) is 14.5 Å². The Morgan fingerprint density at radius 1 is 1.08 bits per heavy atom. The molecular weight excluding hydrogens is 314 g/mol. The third-order valence-electron chi connectivity index (χ3n) is 4.24. The van der Waals surface area contributed by atoms with Gasteiger partial charge in [-0.1, -0.05) is 42.5 Å². The molecule has 0 saturated heterocycles. The zero-order chi connectivity index (χ0) is 17.2. The van der Waals surface area contributed by atoms with Crippen LogP contribution in [-0.4, -0.2) is 24.7 Å². The van der Waals surface area contributed by atoms with E-state index in [2.05, 4.69) is 20.2 Å². The van der Waals surface area contributed by atoms with E-state index >= 15 is 0 Å². The maximum absolute atomic E-state index is 12.7. The van der Waals surface area contributed by atoms with Gasteiger partial charge in [-0.2, -0.15) is 5.10 Å². The number of para-hydroxylation sites is 1. The van der Waals surface area contributed by atoms with Crippen LogP contribution in [0.15, 0.2) is 65.7 Å². The Morgan fingerprint density at radius 3 is 2.68 bits per heavy atom. The van der Waals surface area contributed by atoms with Gasteiger partial charge >= 0.3 is 0 Å². The summed E-state index contributed by atoms with van der Waals surface area (Å²) in [6.07, 6.45) is 2.23. The second kappa shape index (κ2) is 6.32. The predicted octanol–water partition coefficient (Wildman–Crippen LogP) is 2.71. The largest absolute Gasteiger partial charge is 0.288 e. The standard InChI is InChI=1S/C19H17N5O/c1-13(24-12-20-16-10-6-5-9-15(16)19(24)25)18-21-17(22-23-18)11-14-7-3-2-4-8-14/h2-10,12-13H,11H2,1H3,(H,21,22,23)/t13-/m0/s1. The van der Waals surface area contributed by atoms with Gasteiger partial charge in [-0.25, -0.2) is 9.97 Å². The maximum atomic E-state index is 12.7. The number of H-pyrrole nitrogens is 1. The van der Waals surface area contributed by atoms with Crippen molar-refractivity contribution in [2.75, 3.05) is 0 Å². The molecule has 2 aromatic heterocycles. The molecule has 6 nitrogen and oxygen atoms in total. The summed E-state index contributed by atoms with van der Waals surface area (Å²) in [5, 5.41) is 7.85. The van der Waals surface area contributed by atoms with Crippen molar-refractivity contribution in [1.29, 1.82) is 0 Å². The number of hydrogen-bond donors (Lipinski definition) is 1. The molecule has 1 N–H and O–H groups in total. The summed E-state index contributed by atoms with van der Waals surface area (Å²) in [6.45, 7) is 1.90. The third kappa shape index (κ3) is 2.94. The molecule has 4 aromatic rings. The zero-order valence-corrected chi connectivity index (χ0v) is 13.8. The lowest BCUT2D eigenvalue weighted by Crippen LogP contribution is -2.25. The quantitative estimate of drug-likeness (QED) is 0.624. The molecule has 0 unspecified atom stereocenters. The Kier molecular flexibility index (Phi) is 3.85. The first kappa shape index (κ1) is 15.3. The number of nitrogens with one attached hydrogen (secondary N) is 1. The van der Waals surface area contributed by atoms with Gasteiger partial charge < -0.3 is 0 Å². The lowest BCUT2D eigenvalue weighted by molar-refractivity contribution is 0.576. The fourth-order valence-electron chi connectivity index (χ4n) is 2.85. The van der Waals surface area contributed by atoms with Gasteiger partial charge in [0.1, 0.15) is 5.82 Å². The molecule has 124 valence electrons. The smallest absolute Gasteiger partial charge is 0.261 e. The van der Waals surface area contributed by atoms with E-state index in [1.807, 2.05) is 55.5 Å². The molecule has 0 saturated carbocycles. The number of hydrogen-bond acceptors (Lipinski definition) is 4. The molecular formula is C19H17N5O. The minimum Gasteiger partial charge on any atom is -0.288 e. The highest BCUT2D eigenvalue weighted by atomic mass is 16.1. The second-order valence-electron chi connectivity index (χ2n) is 5.95. The highest BCUT2D eigenvalue weighted by Crippen LogP contribution is 2.14. The Morgan fingerprint density at radius 2 is 1.84 bits per heavy atom. The van der Waals surface area contributed by atoms with E-state index in [4.69, 9.17) is 0 Å². The molecule has 2 heterocycles. The number of benzene rings is 2. The Bertz CT molecular complexity index is 1070. The predicted molar refractivity (Wildman–Crippen MR) is 95.4 cm³/mol. The normalized spacial score (nSPS) is 12.4. The van der Waals surface area contributed by atoms with Gasteiger partial charge in [0.25, 0.3) is 5.56 Å². The van der Waals surface area contributed by atoms with Gasteiger partial charge in [0.05, 0.1) is 23.3 Å². The van der Waals surface area contributed by atoms with Gasteiger partial charge in [-0.05, 0) is 24.6 Å². The topological polar surface area (TPSA) is 76.5 Å². The molecule has 6 heteroatoms. The van der Waals surface area contributed by atoms with Gasteiger partial charge in [0.2, 0.25) is 0 Å². The van der Waals surface area contributed by atoms with E-state index in [0.717, 1.165) is 11.4 Å². The van der Waals surface area contributed by atoms with Crippen LogP contribution in [0.25, 0.3) is 10.9 Å². The van der Waals surface area contributed by atoms with Gasteiger partial charge in [-0.15, -0.1) is 0 Å². The molecule has 0 aliphatic carbocycles. The van der Waals surface area contributed by atoms with Crippen LogP contribution < -0.4 is 5.56 Å². The van der Waals surface area contributed by atoms with E-state index in [-0.39, 0.29) is 11.6 Å². The molecule has 0 bridgehead atoms. The van der Waals surface area contributed by atoms with Crippen molar-refractivity contribution in [2.24, 2.45) is 0 Å². The Balaban J connectivity index is 1.64. The molecule has 0 aliphatic heterocycles. The molecule has 2 aromatic carbocycles. The zero-order valence-electron chi connectivity index (χ0n) is 13.8. The summed E-state index contributed by atoms with van der Waals surface area (Å²) >= 11 is 0. The van der Waals surface area contributed by atoms with Crippen molar-refractivity contribution >= 4 is 10.9 Å². The van der Waals surface area contributed by atoms with Crippen LogP contribution >= 0.6 is 0 Å². The van der Waals surface area contributed by atoms with Crippen LogP contribution in [0.3, 0.4) is 0 Å². The summed E-state index contributed by atoms with van der Waals surface area (Å²) < 4.78 is 1.57. The SMILES string of the molecule is C[C@@H](c1n[nH]c(Cc2ccccc2)n1)n1cnc2ccccc2c1=O. The van der Waals surface area contributed by atoms with E-state index in [9.17, 15) is 4.79 Å². The molecule has 0 aliphatic rings. The molecule has 0 amide bonds. The van der Waals surface area contributed by atoms with Crippen molar-refractivity contribution in [3.63, 3.8) is 0 Å². The van der Waals surface area contributed by atoms with Crippen molar-refractivity contribution in [3.05, 3.63) is 88.5 Å². The Labute approximate surface area is 144 Å². The summed E-state index contributed by atoms with van der Waals surface area (Å²) in [4.78, 5) is 21.6. The van der Waals surface area contributed by atoms with Crippen LogP contribution in [0.2, 0.25) is 0 Å². The summed E-state index contributed by atoms with van der Waals surface area (Å²) in [6, 6.07) is 17.1. The van der Waals surface area contributed by atoms with Crippen molar-refractivity contribution < 1.29 is 0 Å². The fourth-order valence-corrected chi connectivity index (χ4v) is 2.85. The van der Waals surface area contributed by atoms with Crippen molar-refractivity contribution in [2.45, 2.75) is 19.4 Å². The molecule has 25 heavy (non-hydrogen) atoms. The average Bonchev–Trinajstić information content (AvgIpc) is 3.11. The van der Waals surface area contributed by atoms with Crippen LogP contribution in [-0.2, 0) is 6.42 Å². The van der Waals surface area contributed by atoms with Crippen LogP contribution in [0.1, 0.15) is 30.2 Å². The first-order valence-electron chi connectivity index (χ1n) is 8.13. The number of fused-ring (bicyclic) bond motifs is 1. The monoisotopic (exact) mass is 331 g/mol. The first-order chi connectivity index (χ1) is 12.2. The first-order valence-corrected chi connectivity index (χ1v) is 8.13. The number of aromatic amines is 1. The van der Waals surface area contributed by atoms with E-state index in [1.165, 1.54) is 0 Å². The Hall–Kier alpha value is -3.28. The van der Waals surface area contributed by atoms with E-state index < -0.39 is 0 Å². The third-order valence-corrected chi connectivity index (χ3v) is 4.24. The van der Waals surface area contributed by atoms with Crippen molar-refractivity contribution in [1.82, 2.24) is 24.7 Å². The van der Waals surface area contributed by atoms with Crippen LogP contribution in [0.5, 0.6) is 0 Å². The summed E-state index contributed by atoms with van der Waals surface area (Å²) in [7, 11) is 0. The maximum Gasteiger partial charge on any atom is 0.261 e. The highest BCUT2D eigenvalue weighted by Gasteiger charge is 2.16. The molecule has 1 atom stereocenters. The van der Waals surface area contributed by atoms with Crippen LogP contribution in [0.4, 0.5) is 0 Å².